The summed E-state index contributed by atoms with van der Waals surface area (Å²) in [5, 5.41) is 10.1. The van der Waals surface area contributed by atoms with Crippen LogP contribution in [-0.4, -0.2) is 29.9 Å². The molecule has 0 bridgehead atoms. The first-order valence-electron chi connectivity index (χ1n) is 6.90. The third-order valence-electron chi connectivity index (χ3n) is 3.28. The minimum Gasteiger partial charge on any atom is -0.483 e. The van der Waals surface area contributed by atoms with E-state index >= 15 is 0 Å². The van der Waals surface area contributed by atoms with Crippen LogP contribution < -0.4 is 4.74 Å². The van der Waals surface area contributed by atoms with Crippen LogP contribution in [0.15, 0.2) is 35.9 Å². The van der Waals surface area contributed by atoms with Gasteiger partial charge in [-0.15, -0.1) is 0 Å². The number of aliphatic hydroxyl groups is 1. The molecular formula is C16H20O4. The molecule has 1 aliphatic rings. The van der Waals surface area contributed by atoms with Gasteiger partial charge in [-0.05, 0) is 38.8 Å². The number of hydrogen-bond donors (Lipinski definition) is 1. The highest BCUT2D eigenvalue weighted by Crippen LogP contribution is 2.25. The Balaban J connectivity index is 2.16. The average Bonchev–Trinajstić information content (AvgIpc) is 2.43. The lowest BCUT2D eigenvalue weighted by molar-refractivity contribution is -0.140. The van der Waals surface area contributed by atoms with Crippen LogP contribution in [0, 0.1) is 6.92 Å². The van der Waals surface area contributed by atoms with E-state index in [1.54, 1.807) is 13.0 Å². The van der Waals surface area contributed by atoms with E-state index < -0.39 is 18.2 Å². The van der Waals surface area contributed by atoms with Gasteiger partial charge >= 0.3 is 5.97 Å². The standard InChI is InChI=1S/C16H20O4/c1-3-19-16(18)13-5-4-6-14(17)15(13)20-12-9-7-11(2)8-10-12/h5,7-10,14-15,17H,3-4,6H2,1-2H3/t14-,15+/m0/s1. The van der Waals surface area contributed by atoms with Gasteiger partial charge in [-0.25, -0.2) is 4.79 Å². The van der Waals surface area contributed by atoms with E-state index in [-0.39, 0.29) is 0 Å². The third-order valence-corrected chi connectivity index (χ3v) is 3.28. The van der Waals surface area contributed by atoms with E-state index in [4.69, 9.17) is 9.47 Å². The van der Waals surface area contributed by atoms with Gasteiger partial charge in [-0.2, -0.15) is 0 Å². The number of esters is 1. The van der Waals surface area contributed by atoms with Gasteiger partial charge < -0.3 is 14.6 Å². The summed E-state index contributed by atoms with van der Waals surface area (Å²) in [7, 11) is 0. The van der Waals surface area contributed by atoms with Crippen LogP contribution in [0.1, 0.15) is 25.3 Å². The molecule has 1 aromatic carbocycles. The molecule has 0 spiro atoms. The SMILES string of the molecule is CCOC(=O)C1=CCC[C@H](O)[C@@H]1Oc1ccc(C)cc1. The summed E-state index contributed by atoms with van der Waals surface area (Å²) in [6.45, 7) is 4.06. The zero-order valence-corrected chi connectivity index (χ0v) is 11.8. The molecule has 20 heavy (non-hydrogen) atoms. The molecule has 2 atom stereocenters. The molecule has 0 aliphatic heterocycles. The van der Waals surface area contributed by atoms with E-state index in [2.05, 4.69) is 0 Å². The van der Waals surface area contributed by atoms with E-state index in [1.165, 1.54) is 0 Å². The second kappa shape index (κ2) is 6.57. The number of hydrogen-bond acceptors (Lipinski definition) is 4. The Hall–Kier alpha value is -1.81. The maximum Gasteiger partial charge on any atom is 0.337 e. The van der Waals surface area contributed by atoms with Crippen molar-refractivity contribution in [1.29, 1.82) is 0 Å². The van der Waals surface area contributed by atoms with E-state index in [0.717, 1.165) is 5.56 Å². The summed E-state index contributed by atoms with van der Waals surface area (Å²) in [4.78, 5) is 11.9. The zero-order valence-electron chi connectivity index (χ0n) is 11.8. The molecule has 1 aromatic rings. The Morgan fingerprint density at radius 1 is 1.35 bits per heavy atom. The second-order valence-corrected chi connectivity index (χ2v) is 4.88. The molecule has 0 fully saturated rings. The third kappa shape index (κ3) is 3.39. The Morgan fingerprint density at radius 3 is 2.70 bits per heavy atom. The van der Waals surface area contributed by atoms with E-state index in [1.807, 2.05) is 31.2 Å². The molecule has 2 rings (SSSR count). The summed E-state index contributed by atoms with van der Waals surface area (Å²) in [5.41, 5.74) is 1.54. The number of carbonyl (C=O) groups is 1. The van der Waals surface area contributed by atoms with Crippen molar-refractivity contribution in [2.45, 2.75) is 38.9 Å². The van der Waals surface area contributed by atoms with Gasteiger partial charge in [0.05, 0.1) is 18.3 Å². The normalized spacial score (nSPS) is 22.1. The molecule has 1 aliphatic carbocycles. The number of ether oxygens (including phenoxy) is 2. The first-order chi connectivity index (χ1) is 9.61. The second-order valence-electron chi connectivity index (χ2n) is 4.88. The number of rotatable bonds is 4. The highest BCUT2D eigenvalue weighted by molar-refractivity contribution is 5.90. The molecule has 4 nitrogen and oxygen atoms in total. The van der Waals surface area contributed by atoms with Crippen molar-refractivity contribution in [1.82, 2.24) is 0 Å². The molecule has 0 unspecified atom stereocenters. The minimum atomic E-state index is -0.694. The van der Waals surface area contributed by atoms with Gasteiger partial charge in [0.1, 0.15) is 5.75 Å². The van der Waals surface area contributed by atoms with Crippen LogP contribution in [0.5, 0.6) is 5.75 Å². The van der Waals surface area contributed by atoms with Gasteiger partial charge in [0, 0.05) is 0 Å². The predicted octanol–water partition coefficient (Wildman–Crippen LogP) is 2.39. The van der Waals surface area contributed by atoms with Crippen LogP contribution >= 0.6 is 0 Å². The number of allylic oxidation sites excluding steroid dienone is 1. The average molecular weight is 276 g/mol. The van der Waals surface area contributed by atoms with Gasteiger partial charge in [-0.1, -0.05) is 23.8 Å². The first-order valence-corrected chi connectivity index (χ1v) is 6.90. The lowest BCUT2D eigenvalue weighted by Gasteiger charge is -2.28. The van der Waals surface area contributed by atoms with Crippen molar-refractivity contribution < 1.29 is 19.4 Å². The Kier molecular flexibility index (Phi) is 4.79. The van der Waals surface area contributed by atoms with Crippen LogP contribution in [0.3, 0.4) is 0 Å². The Labute approximate surface area is 119 Å². The zero-order chi connectivity index (χ0) is 14.5. The van der Waals surface area contributed by atoms with Crippen molar-refractivity contribution in [3.63, 3.8) is 0 Å². The summed E-state index contributed by atoms with van der Waals surface area (Å²) in [5.74, 6) is 0.222. The summed E-state index contributed by atoms with van der Waals surface area (Å²) >= 11 is 0. The van der Waals surface area contributed by atoms with Crippen molar-refractivity contribution in [3.05, 3.63) is 41.5 Å². The summed E-state index contributed by atoms with van der Waals surface area (Å²) in [6, 6.07) is 7.52. The van der Waals surface area contributed by atoms with E-state index in [9.17, 15) is 9.90 Å². The lowest BCUT2D eigenvalue weighted by Crippen LogP contribution is -2.39. The number of aryl methyl sites for hydroxylation is 1. The van der Waals surface area contributed by atoms with Crippen LogP contribution in [0.25, 0.3) is 0 Å². The number of aliphatic hydroxyl groups excluding tert-OH is 1. The monoisotopic (exact) mass is 276 g/mol. The Bertz CT molecular complexity index is 490. The fraction of sp³-hybridized carbons (Fsp3) is 0.438. The van der Waals surface area contributed by atoms with Crippen molar-refractivity contribution in [2.75, 3.05) is 6.61 Å². The topological polar surface area (TPSA) is 55.8 Å². The maximum absolute atomic E-state index is 11.9. The number of benzene rings is 1. The molecule has 0 heterocycles. The van der Waals surface area contributed by atoms with Gasteiger partial charge in [0.15, 0.2) is 6.10 Å². The molecule has 0 aromatic heterocycles. The molecule has 4 heteroatoms. The molecule has 0 saturated heterocycles. The molecule has 0 amide bonds. The molecule has 1 N–H and O–H groups in total. The highest BCUT2D eigenvalue weighted by atomic mass is 16.5. The molecule has 0 saturated carbocycles. The summed E-state index contributed by atoms with van der Waals surface area (Å²) in [6.07, 6.45) is 1.68. The fourth-order valence-corrected chi connectivity index (χ4v) is 2.20. The van der Waals surface area contributed by atoms with Gasteiger partial charge in [0.2, 0.25) is 0 Å². The van der Waals surface area contributed by atoms with Crippen LogP contribution in [0.4, 0.5) is 0 Å². The summed E-state index contributed by atoms with van der Waals surface area (Å²) < 4.78 is 10.8. The Morgan fingerprint density at radius 2 is 2.05 bits per heavy atom. The van der Waals surface area contributed by atoms with Crippen molar-refractivity contribution >= 4 is 5.97 Å². The first kappa shape index (κ1) is 14.6. The lowest BCUT2D eigenvalue weighted by atomic mass is 9.93. The maximum atomic E-state index is 11.9. The van der Waals surface area contributed by atoms with Crippen molar-refractivity contribution in [2.24, 2.45) is 0 Å². The molecule has 0 radical (unpaired) electrons. The van der Waals surface area contributed by atoms with E-state index in [0.29, 0.717) is 30.8 Å². The highest BCUT2D eigenvalue weighted by Gasteiger charge is 2.33. The van der Waals surface area contributed by atoms with Gasteiger partial charge in [-0.3, -0.25) is 0 Å². The fourth-order valence-electron chi connectivity index (χ4n) is 2.20. The van der Waals surface area contributed by atoms with Crippen LogP contribution in [-0.2, 0) is 9.53 Å². The largest absolute Gasteiger partial charge is 0.483 e. The van der Waals surface area contributed by atoms with Crippen LogP contribution in [0.2, 0.25) is 0 Å². The smallest absolute Gasteiger partial charge is 0.337 e. The van der Waals surface area contributed by atoms with Crippen molar-refractivity contribution in [3.8, 4) is 5.75 Å². The number of carbonyl (C=O) groups excluding carboxylic acids is 1. The quantitative estimate of drug-likeness (QED) is 0.858. The molecular weight excluding hydrogens is 256 g/mol. The predicted molar refractivity (Wildman–Crippen MR) is 75.6 cm³/mol. The van der Waals surface area contributed by atoms with Gasteiger partial charge in [0.25, 0.3) is 0 Å². The minimum absolute atomic E-state index is 0.309. The molecule has 108 valence electrons.